The third-order valence-corrected chi connectivity index (χ3v) is 3.50. The minimum Gasteiger partial charge on any atom is -0.508 e. The van der Waals surface area contributed by atoms with E-state index in [-0.39, 0.29) is 0 Å². The maximum Gasteiger partial charge on any atom is 0.115 e. The number of fused-ring (bicyclic) bond motifs is 1. The largest absolute Gasteiger partial charge is 0.508 e. The first-order valence-electron chi connectivity index (χ1n) is 6.26. The van der Waals surface area contributed by atoms with Gasteiger partial charge in [0.25, 0.3) is 0 Å². The summed E-state index contributed by atoms with van der Waals surface area (Å²) in [4.78, 5) is 0. The minimum atomic E-state index is 0.361. The molecule has 17 heavy (non-hydrogen) atoms. The number of hydrogen-bond acceptors (Lipinski definition) is 2. The molecule has 1 aromatic carbocycles. The van der Waals surface area contributed by atoms with Crippen molar-refractivity contribution in [3.8, 4) is 18.1 Å². The summed E-state index contributed by atoms with van der Waals surface area (Å²) in [6.07, 6.45) is 9.33. The number of aromatic hydroxyl groups is 1. The number of nitrogens with one attached hydrogen (secondary N) is 1. The topological polar surface area (TPSA) is 32.3 Å². The van der Waals surface area contributed by atoms with Gasteiger partial charge in [-0.05, 0) is 42.5 Å². The van der Waals surface area contributed by atoms with E-state index < -0.39 is 0 Å². The summed E-state index contributed by atoms with van der Waals surface area (Å²) in [7, 11) is 0. The lowest BCUT2D eigenvalue weighted by Crippen LogP contribution is -2.31. The van der Waals surface area contributed by atoms with Gasteiger partial charge in [-0.1, -0.05) is 13.0 Å². The van der Waals surface area contributed by atoms with Crippen LogP contribution in [0.25, 0.3) is 0 Å². The molecule has 1 aliphatic carbocycles. The third kappa shape index (κ3) is 2.62. The lowest BCUT2D eigenvalue weighted by Gasteiger charge is -2.21. The van der Waals surface area contributed by atoms with Crippen molar-refractivity contribution < 1.29 is 5.11 Å². The quantitative estimate of drug-likeness (QED) is 0.778. The fourth-order valence-electron chi connectivity index (χ4n) is 2.52. The van der Waals surface area contributed by atoms with Crippen molar-refractivity contribution in [3.63, 3.8) is 0 Å². The maximum atomic E-state index is 9.45. The Labute approximate surface area is 103 Å². The lowest BCUT2D eigenvalue weighted by molar-refractivity contribution is 0.427. The Kier molecular flexibility index (Phi) is 3.71. The molecular weight excluding hydrogens is 210 g/mol. The van der Waals surface area contributed by atoms with Gasteiger partial charge < -0.3 is 10.4 Å². The molecule has 0 amide bonds. The highest BCUT2D eigenvalue weighted by Gasteiger charge is 2.24. The van der Waals surface area contributed by atoms with E-state index in [1.165, 1.54) is 11.1 Å². The fourth-order valence-corrected chi connectivity index (χ4v) is 2.52. The first-order chi connectivity index (χ1) is 8.24. The molecule has 0 fully saturated rings. The molecule has 2 rings (SSSR count). The molecule has 2 heteroatoms. The molecule has 90 valence electrons. The van der Waals surface area contributed by atoms with Gasteiger partial charge in [0, 0.05) is 18.5 Å². The minimum absolute atomic E-state index is 0.361. The molecule has 0 radical (unpaired) electrons. The van der Waals surface area contributed by atoms with Gasteiger partial charge in [0.15, 0.2) is 0 Å². The van der Waals surface area contributed by atoms with Crippen LogP contribution in [0.1, 0.15) is 43.4 Å². The van der Waals surface area contributed by atoms with Gasteiger partial charge in [-0.25, -0.2) is 0 Å². The zero-order valence-electron chi connectivity index (χ0n) is 10.2. The van der Waals surface area contributed by atoms with E-state index in [0.29, 0.717) is 17.8 Å². The van der Waals surface area contributed by atoms with Gasteiger partial charge in [0.1, 0.15) is 5.75 Å². The van der Waals surface area contributed by atoms with Crippen LogP contribution < -0.4 is 5.32 Å². The average molecular weight is 229 g/mol. The van der Waals surface area contributed by atoms with Crippen molar-refractivity contribution >= 4 is 0 Å². The standard InChI is InChI=1S/C15H19NO/c1-3-5-12(4-2)16-15-9-6-11-10-13(17)7-8-14(11)15/h1,7-8,10,12,15-17H,4-6,9H2,2H3. The van der Waals surface area contributed by atoms with E-state index in [2.05, 4.69) is 18.2 Å². The van der Waals surface area contributed by atoms with Crippen LogP contribution in [0.4, 0.5) is 0 Å². The predicted octanol–water partition coefficient (Wildman–Crippen LogP) is 2.77. The molecule has 1 aliphatic rings. The van der Waals surface area contributed by atoms with Crippen molar-refractivity contribution in [1.29, 1.82) is 0 Å². The Hall–Kier alpha value is -1.46. The van der Waals surface area contributed by atoms with Crippen molar-refractivity contribution in [2.45, 2.75) is 44.7 Å². The van der Waals surface area contributed by atoms with Crippen LogP contribution in [0.2, 0.25) is 0 Å². The second-order valence-corrected chi connectivity index (χ2v) is 4.65. The van der Waals surface area contributed by atoms with E-state index in [9.17, 15) is 5.11 Å². The summed E-state index contributed by atoms with van der Waals surface area (Å²) in [5, 5.41) is 13.1. The number of terminal acetylenes is 1. The lowest BCUT2D eigenvalue weighted by atomic mass is 10.1. The maximum absolute atomic E-state index is 9.45. The highest BCUT2D eigenvalue weighted by molar-refractivity contribution is 5.40. The second-order valence-electron chi connectivity index (χ2n) is 4.65. The van der Waals surface area contributed by atoms with Crippen molar-refractivity contribution in [3.05, 3.63) is 29.3 Å². The third-order valence-electron chi connectivity index (χ3n) is 3.50. The van der Waals surface area contributed by atoms with Crippen LogP contribution >= 0.6 is 0 Å². The van der Waals surface area contributed by atoms with Crippen LogP contribution in [0, 0.1) is 12.3 Å². The van der Waals surface area contributed by atoms with E-state index in [0.717, 1.165) is 25.7 Å². The van der Waals surface area contributed by atoms with Crippen molar-refractivity contribution in [2.75, 3.05) is 0 Å². The summed E-state index contributed by atoms with van der Waals surface area (Å²) in [5.41, 5.74) is 2.58. The zero-order valence-corrected chi connectivity index (χ0v) is 10.2. The Balaban J connectivity index is 2.09. The first-order valence-corrected chi connectivity index (χ1v) is 6.26. The Morgan fingerprint density at radius 2 is 2.41 bits per heavy atom. The van der Waals surface area contributed by atoms with Crippen LogP contribution in [-0.4, -0.2) is 11.1 Å². The number of phenols is 1. The molecular formula is C15H19NO. The molecule has 0 saturated heterocycles. The SMILES string of the molecule is C#CCC(CC)NC1CCc2cc(O)ccc21. The van der Waals surface area contributed by atoms with Gasteiger partial charge in [-0.3, -0.25) is 0 Å². The van der Waals surface area contributed by atoms with Crippen LogP contribution in [0.3, 0.4) is 0 Å². The Morgan fingerprint density at radius 3 is 3.12 bits per heavy atom. The number of rotatable bonds is 4. The molecule has 0 heterocycles. The molecule has 2 N–H and O–H groups in total. The fraction of sp³-hybridized carbons (Fsp3) is 0.467. The van der Waals surface area contributed by atoms with Gasteiger partial charge in [0.2, 0.25) is 0 Å². The summed E-state index contributed by atoms with van der Waals surface area (Å²) in [6, 6.07) is 6.45. The highest BCUT2D eigenvalue weighted by atomic mass is 16.3. The van der Waals surface area contributed by atoms with Crippen LogP contribution in [0.5, 0.6) is 5.75 Å². The molecule has 2 atom stereocenters. The molecule has 2 nitrogen and oxygen atoms in total. The van der Waals surface area contributed by atoms with Crippen molar-refractivity contribution in [2.24, 2.45) is 0 Å². The number of benzene rings is 1. The molecule has 0 aromatic heterocycles. The number of phenolic OH excluding ortho intramolecular Hbond substituents is 1. The summed E-state index contributed by atoms with van der Waals surface area (Å²) in [5.74, 6) is 3.08. The number of hydrogen-bond donors (Lipinski definition) is 2. The van der Waals surface area contributed by atoms with Crippen LogP contribution in [0.15, 0.2) is 18.2 Å². The van der Waals surface area contributed by atoms with E-state index in [4.69, 9.17) is 6.42 Å². The van der Waals surface area contributed by atoms with Gasteiger partial charge in [-0.2, -0.15) is 0 Å². The summed E-state index contributed by atoms with van der Waals surface area (Å²) >= 11 is 0. The van der Waals surface area contributed by atoms with E-state index >= 15 is 0 Å². The first kappa shape index (κ1) is 12.0. The monoisotopic (exact) mass is 229 g/mol. The molecule has 0 bridgehead atoms. The van der Waals surface area contributed by atoms with E-state index in [1.807, 2.05) is 12.1 Å². The highest BCUT2D eigenvalue weighted by Crippen LogP contribution is 2.33. The Morgan fingerprint density at radius 1 is 1.59 bits per heavy atom. The smallest absolute Gasteiger partial charge is 0.115 e. The normalized spacial score (nSPS) is 19.6. The van der Waals surface area contributed by atoms with Crippen molar-refractivity contribution in [1.82, 2.24) is 5.32 Å². The van der Waals surface area contributed by atoms with E-state index in [1.54, 1.807) is 6.07 Å². The van der Waals surface area contributed by atoms with Gasteiger partial charge in [-0.15, -0.1) is 12.3 Å². The Bertz CT molecular complexity index is 433. The average Bonchev–Trinajstić information content (AvgIpc) is 2.71. The predicted molar refractivity (Wildman–Crippen MR) is 69.8 cm³/mol. The summed E-state index contributed by atoms with van der Waals surface area (Å²) < 4.78 is 0. The summed E-state index contributed by atoms with van der Waals surface area (Å²) in [6.45, 7) is 2.15. The molecule has 0 aliphatic heterocycles. The molecule has 2 unspecified atom stereocenters. The number of aryl methyl sites for hydroxylation is 1. The zero-order chi connectivity index (χ0) is 12.3. The second kappa shape index (κ2) is 5.25. The van der Waals surface area contributed by atoms with Gasteiger partial charge >= 0.3 is 0 Å². The molecule has 1 aromatic rings. The van der Waals surface area contributed by atoms with Crippen LogP contribution in [-0.2, 0) is 6.42 Å². The molecule has 0 saturated carbocycles. The molecule has 0 spiro atoms. The van der Waals surface area contributed by atoms with Gasteiger partial charge in [0.05, 0.1) is 0 Å².